The molecule has 2 aromatic rings. The van der Waals surface area contributed by atoms with Crippen molar-refractivity contribution >= 4 is 50.4 Å². The van der Waals surface area contributed by atoms with Crippen LogP contribution in [0, 0.1) is 0 Å². The summed E-state index contributed by atoms with van der Waals surface area (Å²) in [5.41, 5.74) is 0.829. The molecule has 26 heavy (non-hydrogen) atoms. The van der Waals surface area contributed by atoms with Gasteiger partial charge in [0, 0.05) is 5.02 Å². The van der Waals surface area contributed by atoms with Crippen molar-refractivity contribution in [2.75, 3.05) is 11.1 Å². The van der Waals surface area contributed by atoms with E-state index in [0.717, 1.165) is 0 Å². The Labute approximate surface area is 161 Å². The van der Waals surface area contributed by atoms with Gasteiger partial charge in [-0.05, 0) is 43.3 Å². The van der Waals surface area contributed by atoms with Crippen LogP contribution >= 0.6 is 23.2 Å². The third-order valence-electron chi connectivity index (χ3n) is 3.54. The van der Waals surface area contributed by atoms with Crippen LogP contribution in [0.1, 0.15) is 13.8 Å². The van der Waals surface area contributed by atoms with Crippen LogP contribution in [0.5, 0.6) is 5.75 Å². The third kappa shape index (κ3) is 4.81. The molecule has 9 heteroatoms. The van der Waals surface area contributed by atoms with Crippen molar-refractivity contribution in [1.29, 1.82) is 0 Å². The van der Waals surface area contributed by atoms with Crippen molar-refractivity contribution in [2.24, 2.45) is 0 Å². The van der Waals surface area contributed by atoms with Gasteiger partial charge < -0.3 is 15.2 Å². The van der Waals surface area contributed by atoms with Crippen LogP contribution in [0.3, 0.4) is 0 Å². The SMILES string of the molecule is CCS(=O)(=O)c1ccc(Nc2cc(Cl)ccc2OC(C)C(=O)O)c(Cl)c1. The minimum atomic E-state index is -3.37. The van der Waals surface area contributed by atoms with Crippen LogP contribution in [0.4, 0.5) is 11.4 Å². The second-order valence-electron chi connectivity index (χ2n) is 5.41. The van der Waals surface area contributed by atoms with E-state index in [-0.39, 0.29) is 21.4 Å². The highest BCUT2D eigenvalue weighted by molar-refractivity contribution is 7.91. The first-order chi connectivity index (χ1) is 12.1. The summed E-state index contributed by atoms with van der Waals surface area (Å²) in [5.74, 6) is -0.876. The largest absolute Gasteiger partial charge is 0.479 e. The number of hydrogen-bond acceptors (Lipinski definition) is 5. The lowest BCUT2D eigenvalue weighted by Gasteiger charge is -2.17. The standard InChI is InChI=1S/C17H17Cl2NO5S/c1-3-26(23,24)12-5-6-14(13(19)9-12)20-15-8-11(18)4-7-16(15)25-10(2)17(21)22/h4-10,20H,3H2,1-2H3,(H,21,22). The van der Waals surface area contributed by atoms with Gasteiger partial charge >= 0.3 is 5.97 Å². The van der Waals surface area contributed by atoms with E-state index in [9.17, 15) is 13.2 Å². The van der Waals surface area contributed by atoms with Crippen molar-refractivity contribution in [3.63, 3.8) is 0 Å². The number of hydrogen-bond donors (Lipinski definition) is 2. The van der Waals surface area contributed by atoms with Gasteiger partial charge in [0.05, 0.1) is 27.0 Å². The second-order valence-corrected chi connectivity index (χ2v) is 8.53. The minimum Gasteiger partial charge on any atom is -0.479 e. The van der Waals surface area contributed by atoms with E-state index in [0.29, 0.717) is 16.4 Å². The highest BCUT2D eigenvalue weighted by atomic mass is 35.5. The molecule has 2 N–H and O–H groups in total. The number of halogens is 2. The molecule has 1 atom stereocenters. The molecule has 0 aromatic heterocycles. The molecule has 0 spiro atoms. The van der Waals surface area contributed by atoms with Crippen LogP contribution in [0.15, 0.2) is 41.3 Å². The Morgan fingerprint density at radius 1 is 1.19 bits per heavy atom. The van der Waals surface area contributed by atoms with E-state index in [2.05, 4.69) is 5.32 Å². The maximum Gasteiger partial charge on any atom is 0.344 e. The fraction of sp³-hybridized carbons (Fsp3) is 0.235. The van der Waals surface area contributed by atoms with Gasteiger partial charge in [0.15, 0.2) is 15.9 Å². The predicted octanol–water partition coefficient (Wildman–Crippen LogP) is 4.38. The number of carboxylic acids is 1. The van der Waals surface area contributed by atoms with Gasteiger partial charge in [0.1, 0.15) is 5.75 Å². The van der Waals surface area contributed by atoms with E-state index in [4.69, 9.17) is 33.0 Å². The van der Waals surface area contributed by atoms with E-state index >= 15 is 0 Å². The molecule has 0 fully saturated rings. The number of anilines is 2. The first-order valence-corrected chi connectivity index (χ1v) is 10.0. The molecule has 0 radical (unpaired) electrons. The lowest BCUT2D eigenvalue weighted by molar-refractivity contribution is -0.144. The Morgan fingerprint density at radius 2 is 1.88 bits per heavy atom. The number of aliphatic carboxylic acids is 1. The first-order valence-electron chi connectivity index (χ1n) is 7.62. The van der Waals surface area contributed by atoms with Crippen LogP contribution in [-0.4, -0.2) is 31.4 Å². The highest BCUT2D eigenvalue weighted by Gasteiger charge is 2.17. The molecule has 0 aliphatic carbocycles. The molecule has 6 nitrogen and oxygen atoms in total. The van der Waals surface area contributed by atoms with Gasteiger partial charge in [-0.1, -0.05) is 30.1 Å². The quantitative estimate of drug-likeness (QED) is 0.693. The topological polar surface area (TPSA) is 92.7 Å². The molecule has 0 saturated carbocycles. The molecule has 0 heterocycles. The molecule has 0 saturated heterocycles. The van der Waals surface area contributed by atoms with Crippen molar-refractivity contribution in [3.8, 4) is 5.75 Å². The summed E-state index contributed by atoms with van der Waals surface area (Å²) in [6.07, 6.45) is -1.07. The normalized spacial score (nSPS) is 12.5. The zero-order valence-electron chi connectivity index (χ0n) is 14.0. The van der Waals surface area contributed by atoms with E-state index in [1.807, 2.05) is 0 Å². The van der Waals surface area contributed by atoms with Crippen molar-refractivity contribution in [3.05, 3.63) is 46.4 Å². The number of sulfone groups is 1. The molecule has 2 rings (SSSR count). The number of ether oxygens (including phenoxy) is 1. The van der Waals surface area contributed by atoms with Crippen LogP contribution in [0.25, 0.3) is 0 Å². The Morgan fingerprint density at radius 3 is 2.46 bits per heavy atom. The summed E-state index contributed by atoms with van der Waals surface area (Å²) in [6, 6.07) is 8.98. The van der Waals surface area contributed by atoms with E-state index in [1.54, 1.807) is 19.1 Å². The monoisotopic (exact) mass is 417 g/mol. The summed E-state index contributed by atoms with van der Waals surface area (Å²) in [4.78, 5) is 11.1. The van der Waals surface area contributed by atoms with Crippen molar-refractivity contribution in [1.82, 2.24) is 0 Å². The first kappa shape index (κ1) is 20.4. The van der Waals surface area contributed by atoms with Gasteiger partial charge in [0.2, 0.25) is 0 Å². The number of rotatable bonds is 7. The predicted molar refractivity (Wildman–Crippen MR) is 102 cm³/mol. The van der Waals surface area contributed by atoms with Gasteiger partial charge in [0.25, 0.3) is 0 Å². The third-order valence-corrected chi connectivity index (χ3v) is 5.82. The lowest BCUT2D eigenvalue weighted by Crippen LogP contribution is -2.23. The minimum absolute atomic E-state index is 0.0323. The summed E-state index contributed by atoms with van der Waals surface area (Å²) in [5, 5.41) is 12.6. The van der Waals surface area contributed by atoms with Crippen molar-refractivity contribution in [2.45, 2.75) is 24.8 Å². The molecule has 140 valence electrons. The molecular formula is C17H17Cl2NO5S. The average Bonchev–Trinajstić information content (AvgIpc) is 2.58. The van der Waals surface area contributed by atoms with Crippen LogP contribution in [-0.2, 0) is 14.6 Å². The molecule has 1 unspecified atom stereocenters. The number of nitrogens with one attached hydrogen (secondary N) is 1. The zero-order valence-corrected chi connectivity index (χ0v) is 16.3. The van der Waals surface area contributed by atoms with Crippen molar-refractivity contribution < 1.29 is 23.1 Å². The van der Waals surface area contributed by atoms with E-state index in [1.165, 1.54) is 31.2 Å². The highest BCUT2D eigenvalue weighted by Crippen LogP contribution is 2.35. The number of benzene rings is 2. The van der Waals surface area contributed by atoms with Gasteiger partial charge in [-0.15, -0.1) is 0 Å². The fourth-order valence-corrected chi connectivity index (χ4v) is 3.42. The number of carboxylic acid groups (broad SMARTS) is 1. The smallest absolute Gasteiger partial charge is 0.344 e. The number of carbonyl (C=O) groups is 1. The van der Waals surface area contributed by atoms with Crippen LogP contribution < -0.4 is 10.1 Å². The molecule has 0 aliphatic heterocycles. The molecular weight excluding hydrogens is 401 g/mol. The summed E-state index contributed by atoms with van der Waals surface area (Å²) >= 11 is 12.2. The Balaban J connectivity index is 2.36. The maximum absolute atomic E-state index is 11.9. The molecule has 0 amide bonds. The summed E-state index contributed by atoms with van der Waals surface area (Å²) in [6.45, 7) is 2.95. The Kier molecular flexibility index (Phi) is 6.39. The molecule has 0 bridgehead atoms. The lowest BCUT2D eigenvalue weighted by atomic mass is 10.2. The Bertz CT molecular complexity index is 931. The van der Waals surface area contributed by atoms with Gasteiger partial charge in [-0.25, -0.2) is 13.2 Å². The molecule has 2 aromatic carbocycles. The second kappa shape index (κ2) is 8.16. The zero-order chi connectivity index (χ0) is 19.5. The van der Waals surface area contributed by atoms with Crippen LogP contribution in [0.2, 0.25) is 10.0 Å². The maximum atomic E-state index is 11.9. The fourth-order valence-electron chi connectivity index (χ4n) is 2.05. The van der Waals surface area contributed by atoms with Gasteiger partial charge in [-0.2, -0.15) is 0 Å². The Hall–Kier alpha value is -1.96. The average molecular weight is 418 g/mol. The van der Waals surface area contributed by atoms with E-state index < -0.39 is 21.9 Å². The summed E-state index contributed by atoms with van der Waals surface area (Å²) < 4.78 is 29.3. The summed E-state index contributed by atoms with van der Waals surface area (Å²) in [7, 11) is -3.37. The molecule has 0 aliphatic rings. The van der Waals surface area contributed by atoms with Gasteiger partial charge in [-0.3, -0.25) is 0 Å².